The molecule has 18 heavy (non-hydrogen) atoms. The van der Waals surface area contributed by atoms with E-state index in [1.807, 2.05) is 6.92 Å². The van der Waals surface area contributed by atoms with Crippen molar-refractivity contribution in [2.24, 2.45) is 0 Å². The van der Waals surface area contributed by atoms with E-state index in [9.17, 15) is 8.42 Å². The smallest absolute Gasteiger partial charge is 0.247 e. The molecule has 0 amide bonds. The lowest BCUT2D eigenvalue weighted by Crippen LogP contribution is -2.27. The van der Waals surface area contributed by atoms with Crippen LogP contribution in [-0.4, -0.2) is 33.4 Å². The highest BCUT2D eigenvalue weighted by Crippen LogP contribution is 2.31. The van der Waals surface area contributed by atoms with E-state index >= 15 is 0 Å². The second-order valence-corrected chi connectivity index (χ2v) is 6.54. The molecular formula is C11H13BrN2O3S. The monoisotopic (exact) mass is 332 g/mol. The van der Waals surface area contributed by atoms with Gasteiger partial charge in [0, 0.05) is 11.5 Å². The molecule has 1 aromatic carbocycles. The summed E-state index contributed by atoms with van der Waals surface area (Å²) < 4.78 is 31.2. The average molecular weight is 333 g/mol. The van der Waals surface area contributed by atoms with E-state index in [0.29, 0.717) is 4.47 Å². The number of nitrogens with zero attached hydrogens (tertiary/aromatic N) is 2. The number of rotatable bonds is 4. The van der Waals surface area contributed by atoms with Crippen LogP contribution in [0.15, 0.2) is 21.5 Å². The van der Waals surface area contributed by atoms with Crippen LogP contribution in [0.5, 0.6) is 5.75 Å². The molecule has 0 radical (unpaired) electrons. The number of aryl methyl sites for hydroxylation is 1. The van der Waals surface area contributed by atoms with E-state index in [2.05, 4.69) is 15.9 Å². The number of sulfonamides is 1. The van der Waals surface area contributed by atoms with Gasteiger partial charge in [-0.25, -0.2) is 8.42 Å². The van der Waals surface area contributed by atoms with Crippen molar-refractivity contribution in [3.8, 4) is 11.8 Å². The molecule has 0 aliphatic heterocycles. The SMILES string of the molecule is COc1cc(C)c(Br)cc1S(=O)(=O)N(C)CC#N. The molecule has 1 rings (SSSR count). The van der Waals surface area contributed by atoms with Gasteiger partial charge in [-0.3, -0.25) is 0 Å². The number of nitriles is 1. The Bertz CT molecular complexity index is 593. The zero-order chi connectivity index (χ0) is 13.9. The summed E-state index contributed by atoms with van der Waals surface area (Å²) in [5.74, 6) is 0.264. The van der Waals surface area contributed by atoms with Crippen LogP contribution in [0.4, 0.5) is 0 Å². The van der Waals surface area contributed by atoms with Crippen molar-refractivity contribution in [2.75, 3.05) is 20.7 Å². The summed E-state index contributed by atoms with van der Waals surface area (Å²) in [6.45, 7) is 1.62. The Kier molecular flexibility index (Phi) is 4.73. The molecule has 0 aromatic heterocycles. The third-order valence-corrected chi connectivity index (χ3v) is 5.11. The predicted molar refractivity (Wildman–Crippen MR) is 70.9 cm³/mol. The first kappa shape index (κ1) is 15.0. The molecule has 98 valence electrons. The Morgan fingerprint density at radius 2 is 2.11 bits per heavy atom. The van der Waals surface area contributed by atoms with E-state index in [1.165, 1.54) is 20.2 Å². The summed E-state index contributed by atoms with van der Waals surface area (Å²) in [7, 11) is -0.966. The van der Waals surface area contributed by atoms with Gasteiger partial charge in [-0.15, -0.1) is 0 Å². The van der Waals surface area contributed by atoms with Crippen LogP contribution in [0.2, 0.25) is 0 Å². The van der Waals surface area contributed by atoms with Crippen LogP contribution in [0.1, 0.15) is 5.56 Å². The summed E-state index contributed by atoms with van der Waals surface area (Å²) in [6, 6.07) is 4.92. The number of hydrogen-bond acceptors (Lipinski definition) is 4. The molecule has 5 nitrogen and oxygen atoms in total. The van der Waals surface area contributed by atoms with E-state index in [-0.39, 0.29) is 17.2 Å². The van der Waals surface area contributed by atoms with Gasteiger partial charge in [0.15, 0.2) is 0 Å². The first-order valence-electron chi connectivity index (χ1n) is 5.02. The molecule has 0 aliphatic rings. The van der Waals surface area contributed by atoms with Crippen LogP contribution >= 0.6 is 15.9 Å². The van der Waals surface area contributed by atoms with E-state index in [4.69, 9.17) is 10.00 Å². The fraction of sp³-hybridized carbons (Fsp3) is 0.364. The molecule has 0 bridgehead atoms. The van der Waals surface area contributed by atoms with Gasteiger partial charge in [-0.05, 0) is 24.6 Å². The third-order valence-electron chi connectivity index (χ3n) is 2.43. The maximum atomic E-state index is 12.2. The molecule has 0 unspecified atom stereocenters. The lowest BCUT2D eigenvalue weighted by molar-refractivity contribution is 0.399. The van der Waals surface area contributed by atoms with Gasteiger partial charge >= 0.3 is 0 Å². The summed E-state index contributed by atoms with van der Waals surface area (Å²) in [6.07, 6.45) is 0. The van der Waals surface area contributed by atoms with Crippen LogP contribution in [0.25, 0.3) is 0 Å². The van der Waals surface area contributed by atoms with Crippen molar-refractivity contribution in [3.63, 3.8) is 0 Å². The first-order valence-corrected chi connectivity index (χ1v) is 7.25. The van der Waals surface area contributed by atoms with Crippen molar-refractivity contribution < 1.29 is 13.2 Å². The number of halogens is 1. The number of benzene rings is 1. The third kappa shape index (κ3) is 2.83. The average Bonchev–Trinajstić information content (AvgIpc) is 2.32. The molecule has 1 aromatic rings. The highest BCUT2D eigenvalue weighted by atomic mass is 79.9. The highest BCUT2D eigenvalue weighted by Gasteiger charge is 2.25. The second kappa shape index (κ2) is 5.69. The van der Waals surface area contributed by atoms with E-state index < -0.39 is 10.0 Å². The zero-order valence-electron chi connectivity index (χ0n) is 10.3. The molecule has 0 N–H and O–H groups in total. The normalized spacial score (nSPS) is 11.3. The highest BCUT2D eigenvalue weighted by molar-refractivity contribution is 9.10. The van der Waals surface area contributed by atoms with Gasteiger partial charge in [0.25, 0.3) is 0 Å². The molecule has 0 atom stereocenters. The largest absolute Gasteiger partial charge is 0.495 e. The van der Waals surface area contributed by atoms with E-state index in [1.54, 1.807) is 12.1 Å². The minimum Gasteiger partial charge on any atom is -0.495 e. The standard InChI is InChI=1S/C11H13BrN2O3S/c1-8-6-10(17-3)11(7-9(8)12)18(15,16)14(2)5-4-13/h6-7H,5H2,1-3H3. The quantitative estimate of drug-likeness (QED) is 0.789. The van der Waals surface area contributed by atoms with Crippen LogP contribution in [0.3, 0.4) is 0 Å². The van der Waals surface area contributed by atoms with Gasteiger partial charge in [0.1, 0.15) is 17.2 Å². The molecule has 0 fully saturated rings. The number of hydrogen-bond donors (Lipinski definition) is 0. The van der Waals surface area contributed by atoms with Crippen molar-refractivity contribution in [1.29, 1.82) is 5.26 Å². The lowest BCUT2D eigenvalue weighted by atomic mass is 10.2. The summed E-state index contributed by atoms with van der Waals surface area (Å²) in [4.78, 5) is 0.0419. The lowest BCUT2D eigenvalue weighted by Gasteiger charge is -2.17. The Balaban J connectivity index is 3.41. The van der Waals surface area contributed by atoms with Gasteiger partial charge in [-0.2, -0.15) is 9.57 Å². The van der Waals surface area contributed by atoms with Crippen molar-refractivity contribution in [3.05, 3.63) is 22.2 Å². The molecule has 0 spiro atoms. The zero-order valence-corrected chi connectivity index (χ0v) is 12.7. The number of ether oxygens (including phenoxy) is 1. The summed E-state index contributed by atoms with van der Waals surface area (Å²) in [5.41, 5.74) is 0.869. The molecule has 7 heteroatoms. The molecule has 0 heterocycles. The summed E-state index contributed by atoms with van der Waals surface area (Å²) >= 11 is 3.29. The van der Waals surface area contributed by atoms with Crippen LogP contribution in [-0.2, 0) is 10.0 Å². The van der Waals surface area contributed by atoms with Crippen molar-refractivity contribution in [2.45, 2.75) is 11.8 Å². The van der Waals surface area contributed by atoms with Crippen molar-refractivity contribution >= 4 is 26.0 Å². The van der Waals surface area contributed by atoms with Crippen LogP contribution in [0, 0.1) is 18.3 Å². The van der Waals surface area contributed by atoms with E-state index in [0.717, 1.165) is 9.87 Å². The molecular weight excluding hydrogens is 320 g/mol. The summed E-state index contributed by atoms with van der Waals surface area (Å²) in [5, 5.41) is 8.58. The Morgan fingerprint density at radius 1 is 1.50 bits per heavy atom. The molecule has 0 aliphatic carbocycles. The fourth-order valence-corrected chi connectivity index (χ4v) is 3.07. The topological polar surface area (TPSA) is 70.4 Å². The van der Waals surface area contributed by atoms with Gasteiger partial charge in [-0.1, -0.05) is 15.9 Å². The van der Waals surface area contributed by atoms with Crippen LogP contribution < -0.4 is 4.74 Å². The van der Waals surface area contributed by atoms with Gasteiger partial charge in [0.05, 0.1) is 13.2 Å². The first-order chi connectivity index (χ1) is 8.34. The molecule has 0 saturated carbocycles. The Labute approximate surface area is 115 Å². The number of methoxy groups -OCH3 is 1. The van der Waals surface area contributed by atoms with Gasteiger partial charge in [0.2, 0.25) is 10.0 Å². The maximum absolute atomic E-state index is 12.2. The Hall–Kier alpha value is -1.10. The molecule has 0 saturated heterocycles. The maximum Gasteiger partial charge on any atom is 0.247 e. The predicted octanol–water partition coefficient (Wildman–Crippen LogP) is 1.91. The van der Waals surface area contributed by atoms with Gasteiger partial charge < -0.3 is 4.74 Å². The van der Waals surface area contributed by atoms with Crippen molar-refractivity contribution in [1.82, 2.24) is 4.31 Å². The minimum atomic E-state index is -3.73. The fourth-order valence-electron chi connectivity index (χ4n) is 1.35. The second-order valence-electron chi connectivity index (χ2n) is 3.67. The minimum absolute atomic E-state index is 0.0419. The Morgan fingerprint density at radius 3 is 2.61 bits per heavy atom.